The van der Waals surface area contributed by atoms with Crippen LogP contribution in [0.2, 0.25) is 0 Å². The van der Waals surface area contributed by atoms with Crippen LogP contribution in [0.4, 0.5) is 17.1 Å². The molecule has 1 unspecified atom stereocenters. The number of sulfonamides is 1. The van der Waals surface area contributed by atoms with Crippen molar-refractivity contribution in [2.45, 2.75) is 18.8 Å². The van der Waals surface area contributed by atoms with Gasteiger partial charge in [-0.3, -0.25) is 13.9 Å². The van der Waals surface area contributed by atoms with Crippen LogP contribution in [0.25, 0.3) is 0 Å². The number of para-hydroxylation sites is 2. The lowest BCUT2D eigenvalue weighted by molar-refractivity contribution is -0.122. The third kappa shape index (κ3) is 5.32. The molecular formula is C24H23N3O5S. The minimum Gasteiger partial charge on any atom is -0.476 e. The summed E-state index contributed by atoms with van der Waals surface area (Å²) in [5.41, 5.74) is 2.15. The third-order valence-corrected chi connectivity index (χ3v) is 6.74. The molecule has 0 saturated carbocycles. The second-order valence-corrected chi connectivity index (χ2v) is 9.49. The first-order valence-corrected chi connectivity index (χ1v) is 11.9. The molecule has 2 amide bonds. The second-order valence-electron chi connectivity index (χ2n) is 7.59. The number of ether oxygens (including phenoxy) is 1. The Labute approximate surface area is 192 Å². The van der Waals surface area contributed by atoms with Crippen LogP contribution in [-0.2, 0) is 25.4 Å². The predicted octanol–water partition coefficient (Wildman–Crippen LogP) is 3.38. The summed E-state index contributed by atoms with van der Waals surface area (Å²) in [4.78, 5) is 24.1. The summed E-state index contributed by atoms with van der Waals surface area (Å²) < 4.78 is 33.6. The molecule has 3 aromatic rings. The molecule has 3 aromatic carbocycles. The summed E-state index contributed by atoms with van der Waals surface area (Å²) in [6, 6.07) is 22.2. The average molecular weight is 466 g/mol. The Morgan fingerprint density at radius 2 is 1.52 bits per heavy atom. The number of nitrogens with one attached hydrogen (secondary N) is 2. The Morgan fingerprint density at radius 3 is 2.18 bits per heavy atom. The summed E-state index contributed by atoms with van der Waals surface area (Å²) in [5.74, 6) is -0.544. The maximum absolute atomic E-state index is 13.3. The van der Waals surface area contributed by atoms with Gasteiger partial charge in [-0.1, -0.05) is 42.5 Å². The first-order valence-electron chi connectivity index (χ1n) is 10.3. The molecule has 9 heteroatoms. The van der Waals surface area contributed by atoms with Crippen molar-refractivity contribution in [2.75, 3.05) is 21.5 Å². The first kappa shape index (κ1) is 22.3. The number of carbonyl (C=O) groups is 2. The van der Waals surface area contributed by atoms with E-state index in [1.807, 2.05) is 6.07 Å². The molecule has 0 aromatic heterocycles. The van der Waals surface area contributed by atoms with Crippen molar-refractivity contribution in [3.63, 3.8) is 0 Å². The van der Waals surface area contributed by atoms with Gasteiger partial charge in [0, 0.05) is 18.3 Å². The molecule has 0 spiro atoms. The predicted molar refractivity (Wildman–Crippen MR) is 127 cm³/mol. The van der Waals surface area contributed by atoms with E-state index in [4.69, 9.17) is 4.74 Å². The highest BCUT2D eigenvalue weighted by Gasteiger charge is 2.36. The number of anilines is 3. The van der Waals surface area contributed by atoms with Crippen molar-refractivity contribution in [1.29, 1.82) is 0 Å². The zero-order valence-corrected chi connectivity index (χ0v) is 18.7. The first-order chi connectivity index (χ1) is 15.8. The molecule has 0 radical (unpaired) electrons. The molecule has 33 heavy (non-hydrogen) atoms. The zero-order chi connectivity index (χ0) is 23.4. The van der Waals surface area contributed by atoms with Crippen LogP contribution in [-0.4, -0.2) is 32.9 Å². The second kappa shape index (κ2) is 9.33. The number of fused-ring (bicyclic) bond motifs is 1. The highest BCUT2D eigenvalue weighted by molar-refractivity contribution is 7.92. The Balaban J connectivity index is 1.54. The van der Waals surface area contributed by atoms with Gasteiger partial charge >= 0.3 is 0 Å². The fourth-order valence-electron chi connectivity index (χ4n) is 3.53. The van der Waals surface area contributed by atoms with E-state index >= 15 is 0 Å². The van der Waals surface area contributed by atoms with Gasteiger partial charge in [0.25, 0.3) is 5.91 Å². The van der Waals surface area contributed by atoms with Crippen molar-refractivity contribution >= 4 is 38.9 Å². The maximum atomic E-state index is 13.3. The van der Waals surface area contributed by atoms with E-state index in [-0.39, 0.29) is 18.2 Å². The smallest absolute Gasteiger partial charge is 0.267 e. The molecule has 0 aliphatic carbocycles. The van der Waals surface area contributed by atoms with Crippen molar-refractivity contribution < 1.29 is 22.7 Å². The molecule has 0 fully saturated rings. The van der Waals surface area contributed by atoms with Gasteiger partial charge in [0.1, 0.15) is 5.75 Å². The number of carbonyl (C=O) groups excluding carboxylic acids is 2. The molecule has 0 saturated heterocycles. The van der Waals surface area contributed by atoms with Gasteiger partial charge in [0.15, 0.2) is 6.10 Å². The van der Waals surface area contributed by atoms with Crippen molar-refractivity contribution in [2.24, 2.45) is 0 Å². The molecule has 1 aliphatic heterocycles. The lowest BCUT2D eigenvalue weighted by Gasteiger charge is -2.34. The molecular weight excluding hydrogens is 442 g/mol. The molecule has 0 bridgehead atoms. The van der Waals surface area contributed by atoms with E-state index in [0.717, 1.165) is 0 Å². The Hall–Kier alpha value is -3.85. The van der Waals surface area contributed by atoms with Gasteiger partial charge < -0.3 is 15.4 Å². The van der Waals surface area contributed by atoms with Crippen LogP contribution in [0.15, 0.2) is 78.9 Å². The molecule has 1 aliphatic rings. The van der Waals surface area contributed by atoms with Crippen molar-refractivity contribution in [3.05, 3.63) is 84.4 Å². The Morgan fingerprint density at radius 1 is 0.909 bits per heavy atom. The topological polar surface area (TPSA) is 105 Å². The van der Waals surface area contributed by atoms with Gasteiger partial charge in [-0.25, -0.2) is 8.42 Å². The molecule has 1 heterocycles. The van der Waals surface area contributed by atoms with E-state index in [9.17, 15) is 18.0 Å². The lowest BCUT2D eigenvalue weighted by Crippen LogP contribution is -2.49. The summed E-state index contributed by atoms with van der Waals surface area (Å²) in [7, 11) is -3.77. The van der Waals surface area contributed by atoms with E-state index in [0.29, 0.717) is 28.4 Å². The van der Waals surface area contributed by atoms with Crippen LogP contribution in [0.5, 0.6) is 5.75 Å². The molecule has 8 nitrogen and oxygen atoms in total. The van der Waals surface area contributed by atoms with Crippen LogP contribution in [0.1, 0.15) is 12.5 Å². The van der Waals surface area contributed by atoms with Crippen LogP contribution >= 0.6 is 0 Å². The summed E-state index contributed by atoms with van der Waals surface area (Å²) in [6.45, 7) is 1.26. The Bertz CT molecular complexity index is 1260. The van der Waals surface area contributed by atoms with E-state index < -0.39 is 22.0 Å². The number of hydrogen-bond acceptors (Lipinski definition) is 5. The highest BCUT2D eigenvalue weighted by Crippen LogP contribution is 2.36. The number of benzene rings is 3. The quantitative estimate of drug-likeness (QED) is 0.581. The van der Waals surface area contributed by atoms with E-state index in [1.54, 1.807) is 72.8 Å². The fourth-order valence-corrected chi connectivity index (χ4v) is 5.11. The minimum atomic E-state index is -3.77. The molecule has 2 N–H and O–H groups in total. The van der Waals surface area contributed by atoms with Crippen LogP contribution < -0.4 is 19.7 Å². The number of rotatable bonds is 6. The lowest BCUT2D eigenvalue weighted by atomic mass is 10.2. The number of hydrogen-bond donors (Lipinski definition) is 2. The maximum Gasteiger partial charge on any atom is 0.267 e. The summed E-state index contributed by atoms with van der Waals surface area (Å²) >= 11 is 0. The van der Waals surface area contributed by atoms with Gasteiger partial charge in [0.2, 0.25) is 15.9 Å². The summed E-state index contributed by atoms with van der Waals surface area (Å²) in [5, 5.41) is 5.40. The zero-order valence-electron chi connectivity index (χ0n) is 17.9. The third-order valence-electron chi connectivity index (χ3n) is 5.03. The number of amides is 2. The standard InChI is InChI=1S/C24H23N3O5S/c1-17(28)25-19-11-13-20(14-12-19)26-24(29)23-15-27(21-9-5-6-10-22(21)32-23)33(30,31)16-18-7-3-2-4-8-18/h2-14,23H,15-16H2,1H3,(H,25,28)(H,26,29). The van der Waals surface area contributed by atoms with E-state index in [1.165, 1.54) is 11.2 Å². The number of nitrogens with zero attached hydrogens (tertiary/aromatic N) is 1. The highest BCUT2D eigenvalue weighted by atomic mass is 32.2. The SMILES string of the molecule is CC(=O)Nc1ccc(NC(=O)C2CN(S(=O)(=O)Cc3ccccc3)c3ccccc3O2)cc1. The Kier molecular flexibility index (Phi) is 6.32. The average Bonchev–Trinajstić information content (AvgIpc) is 2.79. The molecule has 4 rings (SSSR count). The molecule has 1 atom stereocenters. The van der Waals surface area contributed by atoms with Crippen LogP contribution in [0, 0.1) is 0 Å². The monoisotopic (exact) mass is 465 g/mol. The van der Waals surface area contributed by atoms with E-state index in [2.05, 4.69) is 10.6 Å². The fraction of sp³-hybridized carbons (Fsp3) is 0.167. The van der Waals surface area contributed by atoms with Crippen LogP contribution in [0.3, 0.4) is 0 Å². The van der Waals surface area contributed by atoms with Gasteiger partial charge in [-0.2, -0.15) is 0 Å². The normalized spacial score (nSPS) is 15.2. The van der Waals surface area contributed by atoms with Gasteiger partial charge in [-0.15, -0.1) is 0 Å². The minimum absolute atomic E-state index is 0.151. The van der Waals surface area contributed by atoms with Gasteiger partial charge in [-0.05, 0) is 42.0 Å². The molecule has 170 valence electrons. The van der Waals surface area contributed by atoms with Crippen molar-refractivity contribution in [1.82, 2.24) is 0 Å². The summed E-state index contributed by atoms with van der Waals surface area (Å²) in [6.07, 6.45) is -1.04. The van der Waals surface area contributed by atoms with Gasteiger partial charge in [0.05, 0.1) is 18.0 Å². The van der Waals surface area contributed by atoms with Crippen molar-refractivity contribution in [3.8, 4) is 5.75 Å². The largest absolute Gasteiger partial charge is 0.476 e.